The maximum Gasteiger partial charge on any atom is 0.494 e. The van der Waals surface area contributed by atoms with Crippen LogP contribution in [0.2, 0.25) is 0 Å². The van der Waals surface area contributed by atoms with Gasteiger partial charge < -0.3 is 13.7 Å². The van der Waals surface area contributed by atoms with Gasteiger partial charge in [0.25, 0.3) is 0 Å². The number of fused-ring (bicyclic) bond motifs is 6. The molecule has 1 aliphatic rings. The van der Waals surface area contributed by atoms with Crippen LogP contribution in [0.15, 0.2) is 114 Å². The Morgan fingerprint density at radius 2 is 1.17 bits per heavy atom. The molecule has 1 saturated heterocycles. The van der Waals surface area contributed by atoms with Gasteiger partial charge in [-0.3, -0.25) is 0 Å². The van der Waals surface area contributed by atoms with Crippen LogP contribution in [0.1, 0.15) is 27.7 Å². The molecule has 5 aromatic carbocycles. The third-order valence-corrected chi connectivity index (χ3v) is 9.09. The summed E-state index contributed by atoms with van der Waals surface area (Å²) in [5, 5.41) is 5.44. The van der Waals surface area contributed by atoms with Gasteiger partial charge in [0, 0.05) is 32.7 Å². The van der Waals surface area contributed by atoms with Crippen LogP contribution in [0.25, 0.3) is 66.0 Å². The molecule has 7 aromatic rings. The van der Waals surface area contributed by atoms with E-state index in [0.29, 0.717) is 0 Å². The predicted octanol–water partition coefficient (Wildman–Crippen LogP) is 8.92. The molecule has 0 atom stereocenters. The molecular formula is C37H30BNO3. The van der Waals surface area contributed by atoms with E-state index in [1.54, 1.807) is 0 Å². The highest BCUT2D eigenvalue weighted by molar-refractivity contribution is 6.62. The average molecular weight is 547 g/mol. The van der Waals surface area contributed by atoms with Gasteiger partial charge in [0.05, 0.1) is 22.4 Å². The van der Waals surface area contributed by atoms with Crippen LogP contribution in [0.4, 0.5) is 0 Å². The molecule has 5 heteroatoms. The normalized spacial score (nSPS) is 16.2. The minimum absolute atomic E-state index is 0.459. The summed E-state index contributed by atoms with van der Waals surface area (Å²) in [7, 11) is -0.521. The first-order chi connectivity index (χ1) is 20.3. The summed E-state index contributed by atoms with van der Waals surface area (Å²) < 4.78 is 20.0. The van der Waals surface area contributed by atoms with Crippen molar-refractivity contribution in [1.82, 2.24) is 4.98 Å². The zero-order valence-electron chi connectivity index (χ0n) is 24.1. The van der Waals surface area contributed by atoms with E-state index in [9.17, 15) is 0 Å². The molecule has 0 radical (unpaired) electrons. The van der Waals surface area contributed by atoms with E-state index in [4.69, 9.17) is 18.7 Å². The fourth-order valence-corrected chi connectivity index (χ4v) is 6.17. The SMILES string of the molecule is CC1(C)OB(c2cc(-c3nc4ccccc4c4ccccc34)c3oc4c(-c5ccccc5)cccc4c3c2)OC1(C)C. The summed E-state index contributed by atoms with van der Waals surface area (Å²) in [6.45, 7) is 8.35. The number of pyridine rings is 1. The Labute approximate surface area is 245 Å². The Bertz CT molecular complexity index is 2150. The average Bonchev–Trinajstić information content (AvgIpc) is 3.49. The number of para-hydroxylation sites is 2. The Hall–Kier alpha value is -4.45. The van der Waals surface area contributed by atoms with Crippen molar-refractivity contribution in [2.45, 2.75) is 38.9 Å². The number of aromatic nitrogens is 1. The van der Waals surface area contributed by atoms with Crippen molar-refractivity contribution in [3.8, 4) is 22.4 Å². The van der Waals surface area contributed by atoms with E-state index in [-0.39, 0.29) is 0 Å². The quantitative estimate of drug-likeness (QED) is 0.164. The summed E-state index contributed by atoms with van der Waals surface area (Å²) in [5.74, 6) is 0. The zero-order chi connectivity index (χ0) is 28.6. The van der Waals surface area contributed by atoms with Gasteiger partial charge in [0.2, 0.25) is 0 Å². The lowest BCUT2D eigenvalue weighted by atomic mass is 9.77. The standard InChI is InChI=1S/C37H30BNO3/c1-36(2)37(3,4)42-38(41-36)24-21-30-29-19-12-18-25(23-13-6-5-7-14-23)34(29)40-35(30)31(22-24)33-28-17-9-8-15-26(28)27-16-10-11-20-32(27)39-33/h5-22H,1-4H3. The second kappa shape index (κ2) is 9.03. The highest BCUT2D eigenvalue weighted by Gasteiger charge is 2.52. The second-order valence-corrected chi connectivity index (χ2v) is 12.2. The Kier molecular flexibility index (Phi) is 5.43. The van der Waals surface area contributed by atoms with E-state index >= 15 is 0 Å². The van der Waals surface area contributed by atoms with Gasteiger partial charge in [-0.2, -0.15) is 0 Å². The fourth-order valence-electron chi connectivity index (χ4n) is 6.17. The van der Waals surface area contributed by atoms with E-state index in [1.807, 2.05) is 12.1 Å². The summed E-state index contributed by atoms with van der Waals surface area (Å²) in [6, 6.07) is 37.9. The van der Waals surface area contributed by atoms with Crippen molar-refractivity contribution in [3.63, 3.8) is 0 Å². The lowest BCUT2D eigenvalue weighted by molar-refractivity contribution is 0.00578. The number of hydrogen-bond acceptors (Lipinski definition) is 4. The van der Waals surface area contributed by atoms with Gasteiger partial charge in [-0.25, -0.2) is 4.98 Å². The summed E-state index contributed by atoms with van der Waals surface area (Å²) in [6.07, 6.45) is 0. The van der Waals surface area contributed by atoms with E-state index in [2.05, 4.69) is 125 Å². The van der Waals surface area contributed by atoms with Gasteiger partial charge >= 0.3 is 7.12 Å². The zero-order valence-corrected chi connectivity index (χ0v) is 24.1. The van der Waals surface area contributed by atoms with Gasteiger partial charge in [-0.15, -0.1) is 0 Å². The first-order valence-corrected chi connectivity index (χ1v) is 14.5. The van der Waals surface area contributed by atoms with Crippen LogP contribution in [-0.2, 0) is 9.31 Å². The Balaban J connectivity index is 1.47. The van der Waals surface area contributed by atoms with Crippen molar-refractivity contribution >= 4 is 56.2 Å². The van der Waals surface area contributed by atoms with Crippen LogP contribution in [0, 0.1) is 0 Å². The molecule has 3 heterocycles. The number of furan rings is 1. The van der Waals surface area contributed by atoms with Gasteiger partial charge in [0.1, 0.15) is 11.2 Å². The maximum absolute atomic E-state index is 6.86. The molecule has 0 amide bonds. The van der Waals surface area contributed by atoms with Gasteiger partial charge in [-0.05, 0) is 56.2 Å². The summed E-state index contributed by atoms with van der Waals surface area (Å²) >= 11 is 0. The highest BCUT2D eigenvalue weighted by atomic mass is 16.7. The Morgan fingerprint density at radius 1 is 0.548 bits per heavy atom. The van der Waals surface area contributed by atoms with Crippen molar-refractivity contribution < 1.29 is 13.7 Å². The largest absolute Gasteiger partial charge is 0.494 e. The van der Waals surface area contributed by atoms with Crippen LogP contribution in [0.3, 0.4) is 0 Å². The minimum Gasteiger partial charge on any atom is -0.455 e. The maximum atomic E-state index is 6.86. The number of rotatable bonds is 3. The van der Waals surface area contributed by atoms with Crippen molar-refractivity contribution in [2.75, 3.05) is 0 Å². The third kappa shape index (κ3) is 3.74. The summed E-state index contributed by atoms with van der Waals surface area (Å²) in [5.41, 5.74) is 6.62. The molecule has 42 heavy (non-hydrogen) atoms. The fraction of sp³-hybridized carbons (Fsp3) is 0.162. The van der Waals surface area contributed by atoms with Gasteiger partial charge in [-0.1, -0.05) is 97.1 Å². The van der Waals surface area contributed by atoms with Crippen molar-refractivity contribution in [2.24, 2.45) is 0 Å². The molecule has 0 unspecified atom stereocenters. The monoisotopic (exact) mass is 547 g/mol. The van der Waals surface area contributed by atoms with Crippen molar-refractivity contribution in [3.05, 3.63) is 109 Å². The van der Waals surface area contributed by atoms with E-state index < -0.39 is 18.3 Å². The molecule has 204 valence electrons. The minimum atomic E-state index is -0.521. The first kappa shape index (κ1) is 25.3. The lowest BCUT2D eigenvalue weighted by Crippen LogP contribution is -2.41. The van der Waals surface area contributed by atoms with Crippen LogP contribution >= 0.6 is 0 Å². The van der Waals surface area contributed by atoms with E-state index in [0.717, 1.165) is 71.5 Å². The third-order valence-electron chi connectivity index (χ3n) is 9.09. The molecule has 0 aliphatic carbocycles. The summed E-state index contributed by atoms with van der Waals surface area (Å²) in [4.78, 5) is 5.26. The van der Waals surface area contributed by atoms with E-state index in [1.165, 1.54) is 0 Å². The van der Waals surface area contributed by atoms with Crippen LogP contribution < -0.4 is 5.46 Å². The molecule has 0 spiro atoms. The number of benzene rings is 5. The van der Waals surface area contributed by atoms with Crippen molar-refractivity contribution in [1.29, 1.82) is 0 Å². The molecule has 1 fully saturated rings. The molecule has 4 nitrogen and oxygen atoms in total. The smallest absolute Gasteiger partial charge is 0.455 e. The highest BCUT2D eigenvalue weighted by Crippen LogP contribution is 2.43. The lowest BCUT2D eigenvalue weighted by Gasteiger charge is -2.32. The van der Waals surface area contributed by atoms with Crippen LogP contribution in [0.5, 0.6) is 0 Å². The molecular weight excluding hydrogens is 517 g/mol. The molecule has 0 saturated carbocycles. The first-order valence-electron chi connectivity index (χ1n) is 14.5. The van der Waals surface area contributed by atoms with Gasteiger partial charge in [0.15, 0.2) is 0 Å². The number of nitrogens with zero attached hydrogens (tertiary/aromatic N) is 1. The second-order valence-electron chi connectivity index (χ2n) is 12.2. The molecule has 8 rings (SSSR count). The topological polar surface area (TPSA) is 44.5 Å². The molecule has 1 aliphatic heterocycles. The van der Waals surface area contributed by atoms with Crippen LogP contribution in [-0.4, -0.2) is 23.3 Å². The molecule has 2 aromatic heterocycles. The molecule has 0 bridgehead atoms. The predicted molar refractivity (Wildman–Crippen MR) is 173 cm³/mol. The Morgan fingerprint density at radius 3 is 1.93 bits per heavy atom. The number of hydrogen-bond donors (Lipinski definition) is 0. The molecule has 0 N–H and O–H groups in total.